The van der Waals surface area contributed by atoms with Crippen molar-refractivity contribution in [2.45, 2.75) is 24.5 Å². The van der Waals surface area contributed by atoms with Gasteiger partial charge in [0.05, 0.1) is 10.1 Å². The fourth-order valence-electron chi connectivity index (χ4n) is 2.69. The van der Waals surface area contributed by atoms with Gasteiger partial charge in [0.15, 0.2) is 0 Å². The third kappa shape index (κ3) is 3.38. The number of nitrogens with zero attached hydrogens (tertiary/aromatic N) is 2. The molecule has 0 N–H and O–H groups in total. The third-order valence-electron chi connectivity index (χ3n) is 4.13. The van der Waals surface area contributed by atoms with Crippen molar-refractivity contribution < 1.29 is 9.59 Å². The lowest BCUT2D eigenvalue weighted by Gasteiger charge is -2.26. The van der Waals surface area contributed by atoms with Crippen LogP contribution in [0.3, 0.4) is 0 Å². The van der Waals surface area contributed by atoms with Crippen LogP contribution < -0.4 is 0 Å². The molecule has 24 heavy (non-hydrogen) atoms. The summed E-state index contributed by atoms with van der Waals surface area (Å²) < 4.78 is 0. The van der Waals surface area contributed by atoms with Gasteiger partial charge in [0.1, 0.15) is 5.37 Å². The van der Waals surface area contributed by atoms with E-state index < -0.39 is 0 Å². The maximum atomic E-state index is 12.5. The topological polar surface area (TPSA) is 40.6 Å². The van der Waals surface area contributed by atoms with E-state index in [1.54, 1.807) is 35.0 Å². The number of carbonyl (C=O) groups excluding carboxylic acids is 2. The molecule has 1 aliphatic heterocycles. The van der Waals surface area contributed by atoms with Crippen LogP contribution in [-0.4, -0.2) is 47.0 Å². The van der Waals surface area contributed by atoms with E-state index >= 15 is 0 Å². The standard InChI is InChI=1S/C17H20N2O2S3/c1-11-6-10-23-14(11)17-19(15(20)12(2)24-17)8-7-18(3)16(21)13-5-4-9-22-13/h4-6,9-10,12,17H,7-8H2,1-3H3/t12-,17-/m0/s1. The number of aryl methyl sites for hydroxylation is 1. The molecular formula is C17H20N2O2S3. The first-order valence-corrected chi connectivity index (χ1v) is 10.5. The molecule has 0 aliphatic carbocycles. The number of hydrogen-bond acceptors (Lipinski definition) is 5. The first-order valence-electron chi connectivity index (χ1n) is 7.78. The molecule has 0 saturated carbocycles. The summed E-state index contributed by atoms with van der Waals surface area (Å²) in [6.45, 7) is 5.15. The SMILES string of the molecule is Cc1ccsc1[C@@H]1S[C@@H](C)C(=O)N1CCN(C)C(=O)c1cccs1. The molecule has 1 fully saturated rings. The summed E-state index contributed by atoms with van der Waals surface area (Å²) in [6, 6.07) is 5.81. The summed E-state index contributed by atoms with van der Waals surface area (Å²) in [5.74, 6) is 0.177. The summed E-state index contributed by atoms with van der Waals surface area (Å²) >= 11 is 4.84. The van der Waals surface area contributed by atoms with Gasteiger partial charge in [-0.15, -0.1) is 34.4 Å². The Bertz CT molecular complexity index is 726. The van der Waals surface area contributed by atoms with Crippen LogP contribution in [0.25, 0.3) is 0 Å². The molecule has 2 atom stereocenters. The molecule has 1 aliphatic rings. The minimum atomic E-state index is -0.0326. The zero-order chi connectivity index (χ0) is 17.3. The van der Waals surface area contributed by atoms with Crippen LogP contribution in [-0.2, 0) is 4.79 Å². The van der Waals surface area contributed by atoms with Gasteiger partial charge in [-0.25, -0.2) is 0 Å². The van der Waals surface area contributed by atoms with E-state index in [-0.39, 0.29) is 22.4 Å². The van der Waals surface area contributed by atoms with Gasteiger partial charge in [0, 0.05) is 25.0 Å². The molecule has 0 aromatic carbocycles. The molecular weight excluding hydrogens is 360 g/mol. The average Bonchev–Trinajstić information content (AvgIpc) is 3.28. The first kappa shape index (κ1) is 17.5. The van der Waals surface area contributed by atoms with E-state index in [9.17, 15) is 9.59 Å². The highest BCUT2D eigenvalue weighted by atomic mass is 32.2. The Balaban J connectivity index is 1.69. The number of likely N-dealkylation sites (N-methyl/N-ethyl adjacent to an activating group) is 1. The van der Waals surface area contributed by atoms with Crippen molar-refractivity contribution >= 4 is 46.2 Å². The van der Waals surface area contributed by atoms with Gasteiger partial charge in [0.2, 0.25) is 5.91 Å². The minimum Gasteiger partial charge on any atom is -0.339 e. The fourth-order valence-corrected chi connectivity index (χ4v) is 5.96. The number of thiophene rings is 2. The normalized spacial score (nSPS) is 20.6. The summed E-state index contributed by atoms with van der Waals surface area (Å²) in [4.78, 5) is 30.5. The Hall–Kier alpha value is -1.31. The van der Waals surface area contributed by atoms with Crippen molar-refractivity contribution in [1.29, 1.82) is 0 Å². The van der Waals surface area contributed by atoms with Gasteiger partial charge in [0.25, 0.3) is 5.91 Å². The molecule has 0 bridgehead atoms. The fraction of sp³-hybridized carbons (Fsp3) is 0.412. The molecule has 2 aromatic rings. The second kappa shape index (κ2) is 7.29. The summed E-state index contributed by atoms with van der Waals surface area (Å²) in [5.41, 5.74) is 1.23. The second-order valence-electron chi connectivity index (χ2n) is 5.83. The van der Waals surface area contributed by atoms with Gasteiger partial charge in [-0.05, 0) is 42.3 Å². The molecule has 1 saturated heterocycles. The average molecular weight is 381 g/mol. The zero-order valence-corrected chi connectivity index (χ0v) is 16.3. The first-order chi connectivity index (χ1) is 11.5. The zero-order valence-electron chi connectivity index (χ0n) is 13.9. The van der Waals surface area contributed by atoms with E-state index in [1.807, 2.05) is 29.3 Å². The van der Waals surface area contributed by atoms with Crippen molar-refractivity contribution in [3.63, 3.8) is 0 Å². The second-order valence-corrected chi connectivity index (χ2v) is 9.16. The monoisotopic (exact) mass is 380 g/mol. The van der Waals surface area contributed by atoms with E-state index in [0.29, 0.717) is 13.1 Å². The van der Waals surface area contributed by atoms with Crippen LogP contribution in [0.4, 0.5) is 0 Å². The number of amides is 2. The molecule has 7 heteroatoms. The van der Waals surface area contributed by atoms with E-state index in [0.717, 1.165) is 4.88 Å². The van der Waals surface area contributed by atoms with Gasteiger partial charge >= 0.3 is 0 Å². The van der Waals surface area contributed by atoms with Crippen LogP contribution in [0.2, 0.25) is 0 Å². The molecule has 0 unspecified atom stereocenters. The Morgan fingerprint density at radius 2 is 2.08 bits per heavy atom. The molecule has 3 heterocycles. The van der Waals surface area contributed by atoms with Gasteiger partial charge in [-0.1, -0.05) is 6.07 Å². The molecule has 3 rings (SSSR count). The lowest BCUT2D eigenvalue weighted by molar-refractivity contribution is -0.129. The van der Waals surface area contributed by atoms with Gasteiger partial charge < -0.3 is 9.80 Å². The predicted molar refractivity (Wildman–Crippen MR) is 102 cm³/mol. The number of hydrogen-bond donors (Lipinski definition) is 0. The highest BCUT2D eigenvalue weighted by Gasteiger charge is 2.39. The third-order valence-corrected chi connectivity index (χ3v) is 7.56. The Morgan fingerprint density at radius 1 is 1.29 bits per heavy atom. The largest absolute Gasteiger partial charge is 0.339 e. The minimum absolute atomic E-state index is 0.0150. The van der Waals surface area contributed by atoms with E-state index in [4.69, 9.17) is 0 Å². The summed E-state index contributed by atoms with van der Waals surface area (Å²) in [5, 5.41) is 4.01. The quantitative estimate of drug-likeness (QED) is 0.791. The number of carbonyl (C=O) groups is 2. The van der Waals surface area contributed by atoms with Crippen LogP contribution in [0, 0.1) is 6.92 Å². The predicted octanol–water partition coefficient (Wildman–Crippen LogP) is 3.85. The van der Waals surface area contributed by atoms with Gasteiger partial charge in [-0.3, -0.25) is 9.59 Å². The maximum absolute atomic E-state index is 12.5. The summed E-state index contributed by atoms with van der Waals surface area (Å²) in [6.07, 6.45) is 0. The number of rotatable bonds is 5. The van der Waals surface area contributed by atoms with Crippen LogP contribution in [0.15, 0.2) is 29.0 Å². The molecule has 2 aromatic heterocycles. The lowest BCUT2D eigenvalue weighted by atomic mass is 10.2. The molecule has 128 valence electrons. The van der Waals surface area contributed by atoms with Crippen molar-refractivity contribution in [3.05, 3.63) is 44.3 Å². The maximum Gasteiger partial charge on any atom is 0.263 e. The van der Waals surface area contributed by atoms with Crippen LogP contribution >= 0.6 is 34.4 Å². The number of thioether (sulfide) groups is 1. The van der Waals surface area contributed by atoms with Crippen molar-refractivity contribution in [3.8, 4) is 0 Å². The Kier molecular flexibility index (Phi) is 5.32. The molecule has 0 radical (unpaired) electrons. The summed E-state index contributed by atoms with van der Waals surface area (Å²) in [7, 11) is 1.80. The van der Waals surface area contributed by atoms with Crippen LogP contribution in [0.1, 0.15) is 32.4 Å². The van der Waals surface area contributed by atoms with Gasteiger partial charge in [-0.2, -0.15) is 0 Å². The van der Waals surface area contributed by atoms with Crippen molar-refractivity contribution in [1.82, 2.24) is 9.80 Å². The van der Waals surface area contributed by atoms with Crippen molar-refractivity contribution in [2.75, 3.05) is 20.1 Å². The smallest absolute Gasteiger partial charge is 0.263 e. The highest BCUT2D eigenvalue weighted by Crippen LogP contribution is 2.45. The molecule has 0 spiro atoms. The lowest BCUT2D eigenvalue weighted by Crippen LogP contribution is -2.38. The van der Waals surface area contributed by atoms with E-state index in [2.05, 4.69) is 18.4 Å². The molecule has 4 nitrogen and oxygen atoms in total. The van der Waals surface area contributed by atoms with E-state index in [1.165, 1.54) is 21.8 Å². The van der Waals surface area contributed by atoms with Crippen LogP contribution in [0.5, 0.6) is 0 Å². The Morgan fingerprint density at radius 3 is 2.71 bits per heavy atom. The van der Waals surface area contributed by atoms with Crippen molar-refractivity contribution in [2.24, 2.45) is 0 Å². The Labute approximate surface area is 154 Å². The highest BCUT2D eigenvalue weighted by molar-refractivity contribution is 8.01. The molecule has 2 amide bonds.